The first-order chi connectivity index (χ1) is 7.79. The average molecular weight is 230 g/mol. The van der Waals surface area contributed by atoms with Gasteiger partial charge in [0.05, 0.1) is 34.2 Å². The number of hydrogen-bond donors (Lipinski definition) is 1. The van der Waals surface area contributed by atoms with Crippen molar-refractivity contribution in [3.8, 4) is 6.07 Å². The first kappa shape index (κ1) is 10.5. The maximum absolute atomic E-state index is 8.70. The van der Waals surface area contributed by atoms with Gasteiger partial charge in [0.1, 0.15) is 0 Å². The minimum atomic E-state index is 0.517. The van der Waals surface area contributed by atoms with Crippen molar-refractivity contribution in [2.24, 2.45) is 0 Å². The predicted molar refractivity (Wildman–Crippen MR) is 63.7 cm³/mol. The lowest BCUT2D eigenvalue weighted by Crippen LogP contribution is -1.91. The van der Waals surface area contributed by atoms with Gasteiger partial charge in [0.15, 0.2) is 0 Å². The molecule has 0 spiro atoms. The number of anilines is 2. The Bertz CT molecular complexity index is 532. The molecule has 1 heterocycles. The first-order valence-corrected chi connectivity index (χ1v) is 5.04. The zero-order valence-electron chi connectivity index (χ0n) is 8.31. The maximum Gasteiger partial charge on any atom is 0.0992 e. The summed E-state index contributed by atoms with van der Waals surface area (Å²) in [6.45, 7) is 0. The van der Waals surface area contributed by atoms with Crippen LogP contribution < -0.4 is 5.32 Å². The van der Waals surface area contributed by atoms with Crippen molar-refractivity contribution in [2.75, 3.05) is 5.32 Å². The lowest BCUT2D eigenvalue weighted by atomic mass is 10.2. The van der Waals surface area contributed by atoms with Crippen molar-refractivity contribution in [3.63, 3.8) is 0 Å². The van der Waals surface area contributed by atoms with Gasteiger partial charge in [-0.3, -0.25) is 4.98 Å². The van der Waals surface area contributed by atoms with Crippen LogP contribution in [-0.4, -0.2) is 4.98 Å². The van der Waals surface area contributed by atoms with Gasteiger partial charge >= 0.3 is 0 Å². The van der Waals surface area contributed by atoms with E-state index in [1.165, 1.54) is 0 Å². The number of aromatic nitrogens is 1. The molecule has 4 heteroatoms. The fourth-order valence-corrected chi connectivity index (χ4v) is 1.51. The van der Waals surface area contributed by atoms with E-state index in [4.69, 9.17) is 16.9 Å². The van der Waals surface area contributed by atoms with Gasteiger partial charge in [-0.05, 0) is 30.3 Å². The highest BCUT2D eigenvalue weighted by molar-refractivity contribution is 6.33. The van der Waals surface area contributed by atoms with E-state index < -0.39 is 0 Å². The Morgan fingerprint density at radius 3 is 2.81 bits per heavy atom. The molecule has 16 heavy (non-hydrogen) atoms. The largest absolute Gasteiger partial charge is 0.353 e. The monoisotopic (exact) mass is 229 g/mol. The van der Waals surface area contributed by atoms with E-state index in [0.717, 1.165) is 11.4 Å². The number of hydrogen-bond acceptors (Lipinski definition) is 3. The van der Waals surface area contributed by atoms with Crippen LogP contribution in [0.4, 0.5) is 11.4 Å². The van der Waals surface area contributed by atoms with Gasteiger partial charge in [-0.2, -0.15) is 5.26 Å². The summed E-state index contributed by atoms with van der Waals surface area (Å²) in [5.74, 6) is 0. The van der Waals surface area contributed by atoms with E-state index in [-0.39, 0.29) is 0 Å². The summed E-state index contributed by atoms with van der Waals surface area (Å²) >= 11 is 6.02. The summed E-state index contributed by atoms with van der Waals surface area (Å²) in [5.41, 5.74) is 2.16. The van der Waals surface area contributed by atoms with Crippen molar-refractivity contribution in [1.29, 1.82) is 5.26 Å². The van der Waals surface area contributed by atoms with Gasteiger partial charge in [-0.25, -0.2) is 0 Å². The summed E-state index contributed by atoms with van der Waals surface area (Å²) < 4.78 is 0. The fourth-order valence-electron chi connectivity index (χ4n) is 1.28. The number of halogens is 1. The Hall–Kier alpha value is -2.05. The van der Waals surface area contributed by atoms with Gasteiger partial charge in [0, 0.05) is 6.20 Å². The zero-order chi connectivity index (χ0) is 11.4. The van der Waals surface area contributed by atoms with Gasteiger partial charge in [0.25, 0.3) is 0 Å². The maximum atomic E-state index is 8.70. The van der Waals surface area contributed by atoms with Gasteiger partial charge in [0.2, 0.25) is 0 Å². The molecular formula is C12H8ClN3. The van der Waals surface area contributed by atoms with Crippen molar-refractivity contribution in [1.82, 2.24) is 4.98 Å². The van der Waals surface area contributed by atoms with E-state index >= 15 is 0 Å². The van der Waals surface area contributed by atoms with Crippen LogP contribution in [0.1, 0.15) is 5.56 Å². The van der Waals surface area contributed by atoms with E-state index in [0.29, 0.717) is 10.6 Å². The molecule has 0 bridgehead atoms. The predicted octanol–water partition coefficient (Wildman–Crippen LogP) is 3.35. The third kappa shape index (κ3) is 2.30. The Kier molecular flexibility index (Phi) is 3.04. The molecule has 0 aliphatic rings. The summed E-state index contributed by atoms with van der Waals surface area (Å²) in [5, 5.41) is 12.3. The molecule has 78 valence electrons. The molecule has 0 fully saturated rings. The lowest BCUT2D eigenvalue weighted by molar-refractivity contribution is 1.32. The number of rotatable bonds is 2. The highest BCUT2D eigenvalue weighted by atomic mass is 35.5. The number of nitrogens with zero attached hydrogens (tertiary/aromatic N) is 2. The molecule has 3 nitrogen and oxygen atoms in total. The summed E-state index contributed by atoms with van der Waals surface area (Å²) in [7, 11) is 0. The number of pyridine rings is 1. The van der Waals surface area contributed by atoms with Crippen molar-refractivity contribution >= 4 is 23.0 Å². The molecule has 0 saturated carbocycles. The van der Waals surface area contributed by atoms with Crippen LogP contribution in [0.3, 0.4) is 0 Å². The Morgan fingerprint density at radius 2 is 2.19 bits per heavy atom. The summed E-state index contributed by atoms with van der Waals surface area (Å²) in [6.07, 6.45) is 3.40. The normalized spacial score (nSPS) is 9.50. The number of nitrogens with one attached hydrogen (secondary N) is 1. The molecule has 0 atom stereocenters. The topological polar surface area (TPSA) is 48.7 Å². The third-order valence-electron chi connectivity index (χ3n) is 2.04. The number of benzene rings is 1. The summed E-state index contributed by atoms with van der Waals surface area (Å²) in [6, 6.07) is 10.9. The first-order valence-electron chi connectivity index (χ1n) is 4.66. The molecule has 1 aromatic heterocycles. The summed E-state index contributed by atoms with van der Waals surface area (Å²) in [4.78, 5) is 3.99. The molecule has 0 saturated heterocycles. The smallest absolute Gasteiger partial charge is 0.0992 e. The average Bonchev–Trinajstić information content (AvgIpc) is 2.33. The SMILES string of the molecule is N#Cc1ccc(Nc2cccnc2)c(Cl)c1. The van der Waals surface area contributed by atoms with Crippen LogP contribution in [0.5, 0.6) is 0 Å². The van der Waals surface area contributed by atoms with Gasteiger partial charge in [-0.15, -0.1) is 0 Å². The molecule has 1 aromatic carbocycles. The van der Waals surface area contributed by atoms with Gasteiger partial charge < -0.3 is 5.32 Å². The molecule has 0 radical (unpaired) electrons. The Morgan fingerprint density at radius 1 is 1.31 bits per heavy atom. The molecule has 2 aromatic rings. The van der Waals surface area contributed by atoms with Crippen molar-refractivity contribution in [3.05, 3.63) is 53.3 Å². The molecule has 0 unspecified atom stereocenters. The van der Waals surface area contributed by atoms with Crippen LogP contribution in [0, 0.1) is 11.3 Å². The minimum Gasteiger partial charge on any atom is -0.353 e. The van der Waals surface area contributed by atoms with Crippen LogP contribution in [-0.2, 0) is 0 Å². The van der Waals surface area contributed by atoms with E-state index in [9.17, 15) is 0 Å². The van der Waals surface area contributed by atoms with E-state index in [1.807, 2.05) is 18.2 Å². The second-order valence-electron chi connectivity index (χ2n) is 3.17. The third-order valence-corrected chi connectivity index (χ3v) is 2.35. The quantitative estimate of drug-likeness (QED) is 0.859. The van der Waals surface area contributed by atoms with E-state index in [2.05, 4.69) is 10.3 Å². The van der Waals surface area contributed by atoms with Crippen molar-refractivity contribution in [2.45, 2.75) is 0 Å². The van der Waals surface area contributed by atoms with Gasteiger partial charge in [-0.1, -0.05) is 11.6 Å². The molecule has 0 aliphatic carbocycles. The second-order valence-corrected chi connectivity index (χ2v) is 3.58. The van der Waals surface area contributed by atoms with Crippen LogP contribution in [0.25, 0.3) is 0 Å². The molecule has 2 rings (SSSR count). The fraction of sp³-hybridized carbons (Fsp3) is 0. The zero-order valence-corrected chi connectivity index (χ0v) is 9.07. The van der Waals surface area contributed by atoms with E-state index in [1.54, 1.807) is 30.6 Å². The Labute approximate surface area is 98.3 Å². The molecular weight excluding hydrogens is 222 g/mol. The molecule has 0 amide bonds. The number of nitriles is 1. The minimum absolute atomic E-state index is 0.517. The van der Waals surface area contributed by atoms with Crippen molar-refractivity contribution < 1.29 is 0 Å². The highest BCUT2D eigenvalue weighted by Crippen LogP contribution is 2.25. The standard InChI is InChI=1S/C12H8ClN3/c13-11-6-9(7-14)3-4-12(11)16-10-2-1-5-15-8-10/h1-6,8,16H. The molecule has 0 aliphatic heterocycles. The van der Waals surface area contributed by atoms with Crippen LogP contribution in [0.15, 0.2) is 42.7 Å². The Balaban J connectivity index is 2.27. The lowest BCUT2D eigenvalue weighted by Gasteiger charge is -2.07. The van der Waals surface area contributed by atoms with Crippen LogP contribution in [0.2, 0.25) is 5.02 Å². The molecule has 1 N–H and O–H groups in total. The second kappa shape index (κ2) is 4.65. The van der Waals surface area contributed by atoms with Crippen LogP contribution >= 0.6 is 11.6 Å². The highest BCUT2D eigenvalue weighted by Gasteiger charge is 2.01.